The first-order valence-electron chi connectivity index (χ1n) is 9.63. The number of fused-ring (bicyclic) bond motifs is 2. The Morgan fingerprint density at radius 3 is 2.80 bits per heavy atom. The van der Waals surface area contributed by atoms with Crippen LogP contribution in [0.4, 0.5) is 5.82 Å². The highest BCUT2D eigenvalue weighted by molar-refractivity contribution is 5.82. The molecule has 4 aromatic rings. The molecule has 156 valence electrons. The molecule has 5 rings (SSSR count). The molecule has 3 aromatic heterocycles. The van der Waals surface area contributed by atoms with Crippen LogP contribution < -0.4 is 5.32 Å². The molecule has 11 nitrogen and oxygen atoms in total. The van der Waals surface area contributed by atoms with E-state index in [1.807, 2.05) is 24.3 Å². The molecule has 1 fully saturated rings. The van der Waals surface area contributed by atoms with E-state index in [4.69, 9.17) is 4.74 Å². The van der Waals surface area contributed by atoms with Gasteiger partial charge in [0.2, 0.25) is 0 Å². The molecule has 0 aliphatic carbocycles. The molecule has 30 heavy (non-hydrogen) atoms. The molecule has 0 spiro atoms. The van der Waals surface area contributed by atoms with Crippen LogP contribution >= 0.6 is 0 Å². The third kappa shape index (κ3) is 3.17. The summed E-state index contributed by atoms with van der Waals surface area (Å²) in [5.74, 6) is 1.41. The molecule has 4 heterocycles. The predicted molar refractivity (Wildman–Crippen MR) is 107 cm³/mol. The van der Waals surface area contributed by atoms with Gasteiger partial charge < -0.3 is 30.4 Å². The van der Waals surface area contributed by atoms with Gasteiger partial charge in [0.15, 0.2) is 23.2 Å². The van der Waals surface area contributed by atoms with Crippen LogP contribution in [0.3, 0.4) is 0 Å². The third-order valence-electron chi connectivity index (χ3n) is 5.24. The van der Waals surface area contributed by atoms with Crippen molar-refractivity contribution in [2.75, 3.05) is 18.5 Å². The highest BCUT2D eigenvalue weighted by Gasteiger charge is 2.44. The standard InChI is InChI=1S/C19H21N7O4/c27-7-12-15(28)16(29)19(30-12)26-9-23-14-17(21-8-22-18(14)26)20-6-5-13-24-10-3-1-2-4-11(10)25-13/h1-4,8-9,12,15-16,19,27-29H,5-7H2,(H,24,25)(H,20,21,22). The predicted octanol–water partition coefficient (Wildman–Crippen LogP) is -0.0313. The minimum Gasteiger partial charge on any atom is -0.394 e. The van der Waals surface area contributed by atoms with Crippen molar-refractivity contribution in [1.82, 2.24) is 29.5 Å². The maximum atomic E-state index is 10.3. The second kappa shape index (κ2) is 7.61. The maximum Gasteiger partial charge on any atom is 0.167 e. The molecule has 11 heteroatoms. The van der Waals surface area contributed by atoms with Gasteiger partial charge in [0.25, 0.3) is 0 Å². The molecule has 1 aromatic carbocycles. The third-order valence-corrected chi connectivity index (χ3v) is 5.24. The van der Waals surface area contributed by atoms with Crippen molar-refractivity contribution in [1.29, 1.82) is 0 Å². The number of hydrogen-bond acceptors (Lipinski definition) is 9. The molecule has 0 saturated carbocycles. The Labute approximate surface area is 170 Å². The minimum atomic E-state index is -1.21. The van der Waals surface area contributed by atoms with Crippen molar-refractivity contribution in [3.8, 4) is 0 Å². The number of aromatic amines is 1. The number of para-hydroxylation sites is 2. The van der Waals surface area contributed by atoms with E-state index in [0.717, 1.165) is 16.9 Å². The summed E-state index contributed by atoms with van der Waals surface area (Å²) in [6.45, 7) is 0.178. The summed E-state index contributed by atoms with van der Waals surface area (Å²) in [4.78, 5) is 20.7. The maximum absolute atomic E-state index is 10.3. The van der Waals surface area contributed by atoms with Crippen molar-refractivity contribution in [3.05, 3.63) is 42.7 Å². The van der Waals surface area contributed by atoms with Crippen LogP contribution in [0.25, 0.3) is 22.2 Å². The van der Waals surface area contributed by atoms with Crippen LogP contribution in [0.15, 0.2) is 36.9 Å². The molecule has 0 bridgehead atoms. The van der Waals surface area contributed by atoms with Gasteiger partial charge in [-0.3, -0.25) is 4.57 Å². The van der Waals surface area contributed by atoms with Crippen LogP contribution in [0.5, 0.6) is 0 Å². The lowest BCUT2D eigenvalue weighted by Gasteiger charge is -2.16. The summed E-state index contributed by atoms with van der Waals surface area (Å²) < 4.78 is 7.11. The van der Waals surface area contributed by atoms with E-state index in [2.05, 4.69) is 30.2 Å². The molecular formula is C19H21N7O4. The lowest BCUT2D eigenvalue weighted by Crippen LogP contribution is -2.33. The Kier molecular flexibility index (Phi) is 4.79. The number of H-pyrrole nitrogens is 1. The fourth-order valence-corrected chi connectivity index (χ4v) is 3.70. The summed E-state index contributed by atoms with van der Waals surface area (Å²) >= 11 is 0. The van der Waals surface area contributed by atoms with Gasteiger partial charge in [0.1, 0.15) is 30.5 Å². The first kappa shape index (κ1) is 18.9. The molecule has 1 saturated heterocycles. The second-order valence-corrected chi connectivity index (χ2v) is 7.15. The zero-order valence-corrected chi connectivity index (χ0v) is 15.9. The molecule has 5 N–H and O–H groups in total. The fourth-order valence-electron chi connectivity index (χ4n) is 3.70. The number of imidazole rings is 2. The van der Waals surface area contributed by atoms with E-state index in [1.54, 1.807) is 0 Å². The van der Waals surface area contributed by atoms with E-state index in [1.165, 1.54) is 17.2 Å². The summed E-state index contributed by atoms with van der Waals surface area (Å²) in [7, 11) is 0. The molecular weight excluding hydrogens is 390 g/mol. The normalized spacial score (nSPS) is 24.1. The quantitative estimate of drug-likeness (QED) is 0.294. The van der Waals surface area contributed by atoms with E-state index < -0.39 is 31.1 Å². The zero-order valence-electron chi connectivity index (χ0n) is 15.9. The van der Waals surface area contributed by atoms with Crippen molar-refractivity contribution < 1.29 is 20.1 Å². The van der Waals surface area contributed by atoms with Crippen LogP contribution in [0.2, 0.25) is 0 Å². The number of nitrogens with one attached hydrogen (secondary N) is 2. The van der Waals surface area contributed by atoms with E-state index in [-0.39, 0.29) is 0 Å². The summed E-state index contributed by atoms with van der Waals surface area (Å²) in [5.41, 5.74) is 2.88. The average molecular weight is 411 g/mol. The van der Waals surface area contributed by atoms with Gasteiger partial charge in [-0.15, -0.1) is 0 Å². The van der Waals surface area contributed by atoms with E-state index in [9.17, 15) is 15.3 Å². The first-order chi connectivity index (χ1) is 14.7. The topological polar surface area (TPSA) is 154 Å². The zero-order chi connectivity index (χ0) is 20.7. The summed E-state index contributed by atoms with van der Waals surface area (Å²) in [6, 6.07) is 7.86. The van der Waals surface area contributed by atoms with Crippen LogP contribution in [0, 0.1) is 0 Å². The highest BCUT2D eigenvalue weighted by atomic mass is 16.6. The highest BCUT2D eigenvalue weighted by Crippen LogP contribution is 2.32. The summed E-state index contributed by atoms with van der Waals surface area (Å²) in [5, 5.41) is 32.8. The first-order valence-corrected chi connectivity index (χ1v) is 9.63. The number of aliphatic hydroxyl groups excluding tert-OH is 3. The monoisotopic (exact) mass is 411 g/mol. The largest absolute Gasteiger partial charge is 0.394 e. The van der Waals surface area contributed by atoms with Gasteiger partial charge in [0.05, 0.1) is 24.0 Å². The van der Waals surface area contributed by atoms with Crippen molar-refractivity contribution in [3.63, 3.8) is 0 Å². The Balaban J connectivity index is 1.33. The number of benzene rings is 1. The number of rotatable bonds is 6. The number of anilines is 1. The van der Waals surface area contributed by atoms with Gasteiger partial charge in [-0.25, -0.2) is 19.9 Å². The number of aromatic nitrogens is 6. The van der Waals surface area contributed by atoms with Crippen molar-refractivity contribution in [2.45, 2.75) is 31.0 Å². The summed E-state index contributed by atoms with van der Waals surface area (Å²) in [6.07, 6.45) is -0.642. The van der Waals surface area contributed by atoms with Crippen LogP contribution in [-0.2, 0) is 11.2 Å². The van der Waals surface area contributed by atoms with Gasteiger partial charge in [-0.05, 0) is 12.1 Å². The Hall–Kier alpha value is -3.12. The number of ether oxygens (including phenoxy) is 1. The van der Waals surface area contributed by atoms with Gasteiger partial charge in [-0.2, -0.15) is 0 Å². The molecule has 0 radical (unpaired) electrons. The lowest BCUT2D eigenvalue weighted by molar-refractivity contribution is -0.0511. The Bertz CT molecular complexity index is 1140. The molecule has 1 aliphatic heterocycles. The lowest BCUT2D eigenvalue weighted by atomic mass is 10.1. The Morgan fingerprint density at radius 2 is 2.00 bits per heavy atom. The molecule has 4 atom stereocenters. The molecule has 4 unspecified atom stereocenters. The van der Waals surface area contributed by atoms with Gasteiger partial charge >= 0.3 is 0 Å². The second-order valence-electron chi connectivity index (χ2n) is 7.15. The van der Waals surface area contributed by atoms with Crippen molar-refractivity contribution in [2.24, 2.45) is 0 Å². The van der Waals surface area contributed by atoms with E-state index in [0.29, 0.717) is 29.9 Å². The number of nitrogens with zero attached hydrogens (tertiary/aromatic N) is 5. The fraction of sp³-hybridized carbons (Fsp3) is 0.368. The van der Waals surface area contributed by atoms with Crippen LogP contribution in [0.1, 0.15) is 12.1 Å². The smallest absolute Gasteiger partial charge is 0.167 e. The average Bonchev–Trinajstić information content (AvgIpc) is 3.44. The number of aliphatic hydroxyl groups is 3. The Morgan fingerprint density at radius 1 is 1.13 bits per heavy atom. The number of hydrogen-bond donors (Lipinski definition) is 5. The van der Waals surface area contributed by atoms with Crippen LogP contribution in [-0.4, -0.2) is 76.3 Å². The molecule has 1 aliphatic rings. The molecule has 0 amide bonds. The van der Waals surface area contributed by atoms with Crippen molar-refractivity contribution >= 4 is 28.0 Å². The van der Waals surface area contributed by atoms with Gasteiger partial charge in [-0.1, -0.05) is 12.1 Å². The van der Waals surface area contributed by atoms with Gasteiger partial charge in [0, 0.05) is 13.0 Å². The van der Waals surface area contributed by atoms with E-state index >= 15 is 0 Å². The SMILES string of the molecule is OCC1OC(n2cnc3c(NCCc4nc5ccccc5[nH]4)ncnc32)C(O)C1O. The minimum absolute atomic E-state index is 0.398.